The first-order chi connectivity index (χ1) is 15.0. The Bertz CT molecular complexity index is 847. The van der Waals surface area contributed by atoms with Gasteiger partial charge in [-0.1, -0.05) is 19.3 Å². The van der Waals surface area contributed by atoms with Gasteiger partial charge in [-0.3, -0.25) is 4.79 Å². The fourth-order valence-electron chi connectivity index (χ4n) is 4.25. The van der Waals surface area contributed by atoms with Gasteiger partial charge in [-0.05, 0) is 51.0 Å². The smallest absolute Gasteiger partial charge is 0.254 e. The average Bonchev–Trinajstić information content (AvgIpc) is 2.79. The average molecular weight is 428 g/mol. The molecule has 0 saturated heterocycles. The van der Waals surface area contributed by atoms with Crippen LogP contribution in [0.5, 0.6) is 28.7 Å². The number of carbonyl (C=O) groups is 1. The second-order valence-corrected chi connectivity index (χ2v) is 8.09. The summed E-state index contributed by atoms with van der Waals surface area (Å²) in [5.74, 6) is 2.81. The summed E-state index contributed by atoms with van der Waals surface area (Å²) in [5, 5.41) is 0. The molecule has 0 heterocycles. The molecule has 1 fully saturated rings. The Morgan fingerprint density at radius 2 is 1.45 bits per heavy atom. The Kier molecular flexibility index (Phi) is 7.66. The van der Waals surface area contributed by atoms with E-state index in [-0.39, 0.29) is 11.9 Å². The molecule has 0 unspecified atom stereocenters. The van der Waals surface area contributed by atoms with E-state index in [4.69, 9.17) is 18.9 Å². The van der Waals surface area contributed by atoms with Crippen molar-refractivity contribution in [2.24, 2.45) is 0 Å². The molecule has 0 spiro atoms. The SMILES string of the molecule is COc1cc(Oc2ccc(C(=O)N(C(C)C)C3CCCCC3)cc2)cc(OC)c1OC. The number of carbonyl (C=O) groups excluding carboxylic acids is 1. The molecule has 1 aliphatic rings. The number of methoxy groups -OCH3 is 3. The summed E-state index contributed by atoms with van der Waals surface area (Å²) in [5.41, 5.74) is 0.677. The maximum atomic E-state index is 13.2. The Hall–Kier alpha value is -2.89. The number of hydrogen-bond acceptors (Lipinski definition) is 5. The third-order valence-electron chi connectivity index (χ3n) is 5.73. The zero-order chi connectivity index (χ0) is 22.4. The highest BCUT2D eigenvalue weighted by Gasteiger charge is 2.28. The van der Waals surface area contributed by atoms with E-state index in [2.05, 4.69) is 13.8 Å². The number of hydrogen-bond donors (Lipinski definition) is 0. The lowest BCUT2D eigenvalue weighted by Gasteiger charge is -2.37. The third-order valence-corrected chi connectivity index (χ3v) is 5.73. The van der Waals surface area contributed by atoms with Crippen LogP contribution in [0.25, 0.3) is 0 Å². The fourth-order valence-corrected chi connectivity index (χ4v) is 4.25. The van der Waals surface area contributed by atoms with Crippen LogP contribution in [0.1, 0.15) is 56.3 Å². The minimum absolute atomic E-state index is 0.0845. The van der Waals surface area contributed by atoms with Crippen molar-refractivity contribution in [3.63, 3.8) is 0 Å². The van der Waals surface area contributed by atoms with Gasteiger partial charge in [-0.15, -0.1) is 0 Å². The molecule has 6 nitrogen and oxygen atoms in total. The topological polar surface area (TPSA) is 57.2 Å². The lowest BCUT2D eigenvalue weighted by Crippen LogP contribution is -2.45. The van der Waals surface area contributed by atoms with Gasteiger partial charge in [0.2, 0.25) is 5.75 Å². The normalized spacial score (nSPS) is 14.3. The van der Waals surface area contributed by atoms with Crippen LogP contribution >= 0.6 is 0 Å². The van der Waals surface area contributed by atoms with Gasteiger partial charge in [0, 0.05) is 29.8 Å². The van der Waals surface area contributed by atoms with E-state index < -0.39 is 0 Å². The van der Waals surface area contributed by atoms with Gasteiger partial charge in [0.15, 0.2) is 11.5 Å². The molecule has 1 amide bonds. The first-order valence-electron chi connectivity index (χ1n) is 10.9. The molecule has 2 aromatic carbocycles. The highest BCUT2D eigenvalue weighted by molar-refractivity contribution is 5.94. The summed E-state index contributed by atoms with van der Waals surface area (Å²) >= 11 is 0. The summed E-state index contributed by atoms with van der Waals surface area (Å²) in [4.78, 5) is 15.3. The first kappa shape index (κ1) is 22.8. The molecule has 0 aromatic heterocycles. The van der Waals surface area contributed by atoms with Crippen LogP contribution in [0.3, 0.4) is 0 Å². The highest BCUT2D eigenvalue weighted by Crippen LogP contribution is 2.42. The maximum Gasteiger partial charge on any atom is 0.254 e. The molecule has 2 aromatic rings. The summed E-state index contributed by atoms with van der Waals surface area (Å²) in [7, 11) is 4.69. The van der Waals surface area contributed by atoms with E-state index in [1.807, 2.05) is 29.2 Å². The molecule has 0 aliphatic heterocycles. The van der Waals surface area contributed by atoms with Crippen molar-refractivity contribution in [3.05, 3.63) is 42.0 Å². The van der Waals surface area contributed by atoms with Crippen molar-refractivity contribution in [1.29, 1.82) is 0 Å². The molecule has 6 heteroatoms. The maximum absolute atomic E-state index is 13.2. The van der Waals surface area contributed by atoms with Crippen molar-refractivity contribution < 1.29 is 23.7 Å². The molecule has 0 bridgehead atoms. The van der Waals surface area contributed by atoms with Crippen LogP contribution in [-0.4, -0.2) is 44.2 Å². The minimum Gasteiger partial charge on any atom is -0.493 e. The van der Waals surface area contributed by atoms with Crippen molar-refractivity contribution in [3.8, 4) is 28.7 Å². The van der Waals surface area contributed by atoms with Gasteiger partial charge in [0.25, 0.3) is 5.91 Å². The van der Waals surface area contributed by atoms with Gasteiger partial charge in [-0.2, -0.15) is 0 Å². The lowest BCUT2D eigenvalue weighted by atomic mass is 9.93. The number of rotatable bonds is 8. The summed E-state index contributed by atoms with van der Waals surface area (Å²) in [6.45, 7) is 4.18. The van der Waals surface area contributed by atoms with E-state index in [0.717, 1.165) is 12.8 Å². The molecule has 168 valence electrons. The molecule has 3 rings (SSSR count). The second kappa shape index (κ2) is 10.4. The predicted octanol–water partition coefficient (Wildman–Crippen LogP) is 5.69. The van der Waals surface area contributed by atoms with Gasteiger partial charge in [-0.25, -0.2) is 0 Å². The number of ether oxygens (including phenoxy) is 4. The molecule has 1 saturated carbocycles. The van der Waals surface area contributed by atoms with E-state index in [0.29, 0.717) is 40.4 Å². The quantitative estimate of drug-likeness (QED) is 0.542. The zero-order valence-corrected chi connectivity index (χ0v) is 19.1. The number of nitrogens with zero attached hydrogens (tertiary/aromatic N) is 1. The van der Waals surface area contributed by atoms with Crippen LogP contribution < -0.4 is 18.9 Å². The van der Waals surface area contributed by atoms with Gasteiger partial charge < -0.3 is 23.8 Å². The predicted molar refractivity (Wildman–Crippen MR) is 121 cm³/mol. The number of benzene rings is 2. The van der Waals surface area contributed by atoms with E-state index in [1.54, 1.807) is 33.5 Å². The van der Waals surface area contributed by atoms with Crippen LogP contribution in [0.2, 0.25) is 0 Å². The first-order valence-corrected chi connectivity index (χ1v) is 10.9. The fraction of sp³-hybridized carbons (Fsp3) is 0.480. The second-order valence-electron chi connectivity index (χ2n) is 8.09. The Labute approximate surface area is 185 Å². The van der Waals surface area contributed by atoms with Crippen LogP contribution in [0.4, 0.5) is 0 Å². The Morgan fingerprint density at radius 1 is 0.871 bits per heavy atom. The minimum atomic E-state index is 0.0845. The van der Waals surface area contributed by atoms with Crippen molar-refractivity contribution in [2.75, 3.05) is 21.3 Å². The zero-order valence-electron chi connectivity index (χ0n) is 19.1. The van der Waals surface area contributed by atoms with Crippen molar-refractivity contribution in [2.45, 2.75) is 58.0 Å². The molecule has 0 N–H and O–H groups in total. The molecule has 0 atom stereocenters. The molecule has 0 radical (unpaired) electrons. The van der Waals surface area contributed by atoms with E-state index in [9.17, 15) is 4.79 Å². The van der Waals surface area contributed by atoms with Crippen LogP contribution in [0.15, 0.2) is 36.4 Å². The van der Waals surface area contributed by atoms with E-state index in [1.165, 1.54) is 19.3 Å². The highest BCUT2D eigenvalue weighted by atomic mass is 16.5. The monoisotopic (exact) mass is 427 g/mol. The standard InChI is InChI=1S/C25H33NO5/c1-17(2)26(19-9-7-6-8-10-19)25(27)18-11-13-20(14-12-18)31-21-15-22(28-3)24(30-5)23(16-21)29-4/h11-17,19H,6-10H2,1-5H3. The summed E-state index contributed by atoms with van der Waals surface area (Å²) in [6, 6.07) is 11.3. The van der Waals surface area contributed by atoms with Crippen molar-refractivity contribution >= 4 is 5.91 Å². The Morgan fingerprint density at radius 3 is 1.94 bits per heavy atom. The van der Waals surface area contributed by atoms with Crippen LogP contribution in [0, 0.1) is 0 Å². The summed E-state index contributed by atoms with van der Waals surface area (Å²) < 4.78 is 22.1. The van der Waals surface area contributed by atoms with Crippen molar-refractivity contribution in [1.82, 2.24) is 4.90 Å². The summed E-state index contributed by atoms with van der Waals surface area (Å²) in [6.07, 6.45) is 5.84. The molecular weight excluding hydrogens is 394 g/mol. The molecule has 1 aliphatic carbocycles. The molecular formula is C25H33NO5. The van der Waals surface area contributed by atoms with Crippen LogP contribution in [-0.2, 0) is 0 Å². The number of amides is 1. The van der Waals surface area contributed by atoms with E-state index >= 15 is 0 Å². The largest absolute Gasteiger partial charge is 0.493 e. The van der Waals surface area contributed by atoms with Gasteiger partial charge >= 0.3 is 0 Å². The van der Waals surface area contributed by atoms with Gasteiger partial charge in [0.05, 0.1) is 21.3 Å². The third kappa shape index (κ3) is 5.24. The molecule has 31 heavy (non-hydrogen) atoms. The lowest BCUT2D eigenvalue weighted by molar-refractivity contribution is 0.0555. The Balaban J connectivity index is 1.77. The van der Waals surface area contributed by atoms with Gasteiger partial charge in [0.1, 0.15) is 11.5 Å².